The van der Waals surface area contributed by atoms with Gasteiger partial charge in [-0.15, -0.1) is 0 Å². The van der Waals surface area contributed by atoms with Crippen LogP contribution in [0.4, 0.5) is 0 Å². The molecule has 0 saturated heterocycles. The lowest BCUT2D eigenvalue weighted by Gasteiger charge is -2.30. The predicted molar refractivity (Wildman–Crippen MR) is 151 cm³/mol. The van der Waals surface area contributed by atoms with Crippen LogP contribution in [0.15, 0.2) is 35.9 Å². The van der Waals surface area contributed by atoms with E-state index in [0.29, 0.717) is 0 Å². The van der Waals surface area contributed by atoms with Gasteiger partial charge in [-0.25, -0.2) is 0 Å². The molecule has 0 spiro atoms. The zero-order valence-electron chi connectivity index (χ0n) is 23.0. The van der Waals surface area contributed by atoms with Crippen molar-refractivity contribution in [2.24, 2.45) is 17.8 Å². The van der Waals surface area contributed by atoms with Crippen molar-refractivity contribution in [2.45, 2.75) is 149 Å². The van der Waals surface area contributed by atoms with E-state index in [-0.39, 0.29) is 0 Å². The zero-order valence-corrected chi connectivity index (χ0v) is 23.0. The van der Waals surface area contributed by atoms with Crippen molar-refractivity contribution in [1.82, 2.24) is 0 Å². The maximum Gasteiger partial charge on any atom is -0.0241 e. The fourth-order valence-electron chi connectivity index (χ4n) is 6.51. The first-order chi connectivity index (χ1) is 16.8. The van der Waals surface area contributed by atoms with Crippen molar-refractivity contribution in [3.63, 3.8) is 0 Å². The minimum atomic E-state index is 0.975. The molecule has 1 aromatic carbocycles. The monoisotopic (exact) mass is 464 g/mol. The van der Waals surface area contributed by atoms with Crippen molar-refractivity contribution in [3.05, 3.63) is 47.0 Å². The van der Waals surface area contributed by atoms with Crippen molar-refractivity contribution in [2.75, 3.05) is 0 Å². The number of unbranched alkanes of at least 4 members (excludes halogenated alkanes) is 6. The molecule has 0 radical (unpaired) electrons. The first-order valence-corrected chi connectivity index (χ1v) is 15.5. The van der Waals surface area contributed by atoms with Gasteiger partial charge in [0.2, 0.25) is 0 Å². The topological polar surface area (TPSA) is 0 Å². The molecule has 0 aromatic heterocycles. The van der Waals surface area contributed by atoms with Crippen LogP contribution in [-0.4, -0.2) is 0 Å². The van der Waals surface area contributed by atoms with E-state index in [4.69, 9.17) is 0 Å². The highest BCUT2D eigenvalue weighted by molar-refractivity contribution is 5.24. The van der Waals surface area contributed by atoms with Crippen molar-refractivity contribution >= 4 is 0 Å². The highest BCUT2D eigenvalue weighted by atomic mass is 14.3. The van der Waals surface area contributed by atoms with Crippen LogP contribution < -0.4 is 0 Å². The number of hydrogen-bond donors (Lipinski definition) is 0. The summed E-state index contributed by atoms with van der Waals surface area (Å²) in [5, 5.41) is 0. The van der Waals surface area contributed by atoms with E-state index in [2.05, 4.69) is 44.2 Å². The first kappa shape index (κ1) is 27.5. The van der Waals surface area contributed by atoms with Gasteiger partial charge in [-0.2, -0.15) is 0 Å². The summed E-state index contributed by atoms with van der Waals surface area (Å²) < 4.78 is 0. The summed E-state index contributed by atoms with van der Waals surface area (Å²) in [5.41, 5.74) is 4.80. The number of allylic oxidation sites excluding steroid dienone is 2. The van der Waals surface area contributed by atoms with Gasteiger partial charge in [0.1, 0.15) is 0 Å². The average molecular weight is 465 g/mol. The summed E-state index contributed by atoms with van der Waals surface area (Å²) in [6, 6.07) is 9.54. The Balaban J connectivity index is 1.25. The highest BCUT2D eigenvalue weighted by Crippen LogP contribution is 2.37. The third-order valence-electron chi connectivity index (χ3n) is 9.11. The maximum atomic E-state index is 2.63. The molecule has 2 aliphatic rings. The minimum Gasteiger partial charge on any atom is -0.0850 e. The number of rotatable bonds is 16. The Bertz CT molecular complexity index is 658. The molecule has 1 unspecified atom stereocenters. The van der Waals surface area contributed by atoms with Crippen LogP contribution in [0.2, 0.25) is 0 Å². The van der Waals surface area contributed by atoms with E-state index in [0.717, 1.165) is 17.8 Å². The number of hydrogen-bond acceptors (Lipinski definition) is 0. The molecule has 1 aromatic rings. The Hall–Kier alpha value is -1.04. The predicted octanol–water partition coefficient (Wildman–Crippen LogP) is 11.0. The fraction of sp³-hybridized carbons (Fsp3) is 0.765. The van der Waals surface area contributed by atoms with Crippen LogP contribution in [0, 0.1) is 17.8 Å². The molecule has 192 valence electrons. The van der Waals surface area contributed by atoms with Crippen LogP contribution in [-0.2, 0) is 12.8 Å². The smallest absolute Gasteiger partial charge is 0.0241 e. The Labute approximate surface area is 213 Å². The van der Waals surface area contributed by atoms with E-state index < -0.39 is 0 Å². The molecule has 1 fully saturated rings. The SMILES string of the molecule is CCCCCCc1ccc(CCC2=CCC(CCC3CCC(CCCCCC)CC3)CC2)cc1. The molecule has 34 heavy (non-hydrogen) atoms. The van der Waals surface area contributed by atoms with Gasteiger partial charge < -0.3 is 0 Å². The molecule has 0 heteroatoms. The summed E-state index contributed by atoms with van der Waals surface area (Å²) in [7, 11) is 0. The van der Waals surface area contributed by atoms with Gasteiger partial charge in [-0.1, -0.05) is 133 Å². The van der Waals surface area contributed by atoms with Crippen LogP contribution in [0.3, 0.4) is 0 Å². The molecule has 0 bridgehead atoms. The zero-order chi connectivity index (χ0) is 23.8. The summed E-state index contributed by atoms with van der Waals surface area (Å²) in [6.45, 7) is 4.61. The van der Waals surface area contributed by atoms with Crippen molar-refractivity contribution in [1.29, 1.82) is 0 Å². The summed E-state index contributed by atoms with van der Waals surface area (Å²) >= 11 is 0. The summed E-state index contributed by atoms with van der Waals surface area (Å²) in [4.78, 5) is 0. The molecular formula is C34H56. The third kappa shape index (κ3) is 10.7. The molecule has 0 nitrogen and oxygen atoms in total. The largest absolute Gasteiger partial charge is 0.0850 e. The minimum absolute atomic E-state index is 0.975. The van der Waals surface area contributed by atoms with Gasteiger partial charge in [0.25, 0.3) is 0 Å². The van der Waals surface area contributed by atoms with E-state index in [1.165, 1.54) is 146 Å². The van der Waals surface area contributed by atoms with Gasteiger partial charge in [-0.05, 0) is 80.2 Å². The quantitative estimate of drug-likeness (QED) is 0.168. The van der Waals surface area contributed by atoms with Crippen LogP contribution in [0.25, 0.3) is 0 Å². The lowest BCUT2D eigenvalue weighted by molar-refractivity contribution is 0.234. The Morgan fingerprint density at radius 1 is 0.559 bits per heavy atom. The molecule has 0 heterocycles. The Morgan fingerprint density at radius 2 is 1.15 bits per heavy atom. The van der Waals surface area contributed by atoms with E-state index in [1.54, 1.807) is 5.57 Å². The Morgan fingerprint density at radius 3 is 1.76 bits per heavy atom. The molecule has 0 N–H and O–H groups in total. The lowest BCUT2D eigenvalue weighted by Crippen LogP contribution is -2.16. The molecule has 0 aliphatic heterocycles. The summed E-state index contributed by atoms with van der Waals surface area (Å²) in [6.07, 6.45) is 32.5. The molecule has 0 amide bonds. The average Bonchev–Trinajstić information content (AvgIpc) is 2.89. The van der Waals surface area contributed by atoms with E-state index in [1.807, 2.05) is 0 Å². The second kappa shape index (κ2) is 16.6. The van der Waals surface area contributed by atoms with E-state index in [9.17, 15) is 0 Å². The third-order valence-corrected chi connectivity index (χ3v) is 9.11. The standard InChI is InChI=1S/C34H56/c1-3-5-7-9-11-29-13-17-31(18-14-29)21-23-33-25-27-34(28-26-33)24-22-32-19-15-30(16-20-32)12-10-8-6-4-2/h13-14,17-18,25,30,32,34H,3-12,15-16,19-24,26-28H2,1-2H3. The van der Waals surface area contributed by atoms with Crippen LogP contribution in [0.1, 0.15) is 147 Å². The van der Waals surface area contributed by atoms with E-state index >= 15 is 0 Å². The molecular weight excluding hydrogens is 408 g/mol. The highest BCUT2D eigenvalue weighted by Gasteiger charge is 2.22. The molecule has 3 rings (SSSR count). The summed E-state index contributed by atoms with van der Waals surface area (Å²) in [5.74, 6) is 3.09. The van der Waals surface area contributed by atoms with Crippen LogP contribution >= 0.6 is 0 Å². The lowest BCUT2D eigenvalue weighted by atomic mass is 9.76. The number of benzene rings is 1. The van der Waals surface area contributed by atoms with Crippen molar-refractivity contribution in [3.8, 4) is 0 Å². The molecule has 1 atom stereocenters. The maximum absolute atomic E-state index is 2.63. The molecule has 1 saturated carbocycles. The second-order valence-electron chi connectivity index (χ2n) is 11.9. The molecule has 2 aliphatic carbocycles. The number of aryl methyl sites for hydroxylation is 2. The van der Waals surface area contributed by atoms with Gasteiger partial charge >= 0.3 is 0 Å². The van der Waals surface area contributed by atoms with Crippen LogP contribution in [0.5, 0.6) is 0 Å². The normalized spacial score (nSPS) is 23.1. The van der Waals surface area contributed by atoms with Gasteiger partial charge in [-0.3, -0.25) is 0 Å². The first-order valence-electron chi connectivity index (χ1n) is 15.5. The fourth-order valence-corrected chi connectivity index (χ4v) is 6.51. The van der Waals surface area contributed by atoms with Gasteiger partial charge in [0, 0.05) is 0 Å². The second-order valence-corrected chi connectivity index (χ2v) is 11.9. The van der Waals surface area contributed by atoms with Gasteiger partial charge in [0.05, 0.1) is 0 Å². The van der Waals surface area contributed by atoms with Crippen molar-refractivity contribution < 1.29 is 0 Å². The Kier molecular flexibility index (Phi) is 13.4. The van der Waals surface area contributed by atoms with Gasteiger partial charge in [0.15, 0.2) is 0 Å².